The van der Waals surface area contributed by atoms with Crippen molar-refractivity contribution in [2.45, 2.75) is 19.1 Å². The molecule has 5 rings (SSSR count). The molecule has 0 radical (unpaired) electrons. The Hall–Kier alpha value is -4.52. The van der Waals surface area contributed by atoms with Crippen molar-refractivity contribution < 1.29 is 37.2 Å². The highest BCUT2D eigenvalue weighted by molar-refractivity contribution is 7.22. The minimum Gasteiger partial charge on any atom is -0.503 e. The summed E-state index contributed by atoms with van der Waals surface area (Å²) in [5.74, 6) is -2.53. The number of ketones is 1. The molecule has 4 aromatic rings. The summed E-state index contributed by atoms with van der Waals surface area (Å²) in [6.07, 6.45) is -4.62. The molecule has 9 nitrogen and oxygen atoms in total. The number of carbonyl (C=O) groups is 2. The average molecular weight is 529 g/mol. The maximum absolute atomic E-state index is 13.3. The third-order valence-corrected chi connectivity index (χ3v) is 6.77. The van der Waals surface area contributed by atoms with Crippen LogP contribution in [0.25, 0.3) is 10.2 Å². The molecular formula is C24H14F3N3O6S. The van der Waals surface area contributed by atoms with Gasteiger partial charge >= 0.3 is 6.18 Å². The van der Waals surface area contributed by atoms with Crippen LogP contribution in [-0.4, -0.2) is 26.7 Å². The summed E-state index contributed by atoms with van der Waals surface area (Å²) >= 11 is 0.888. The molecule has 0 saturated heterocycles. The monoisotopic (exact) mass is 529 g/mol. The van der Waals surface area contributed by atoms with E-state index in [0.717, 1.165) is 40.5 Å². The van der Waals surface area contributed by atoms with Crippen LogP contribution in [0, 0.1) is 17.0 Å². The molecule has 0 aliphatic carbocycles. The number of nitro groups is 1. The smallest absolute Gasteiger partial charge is 0.416 e. The third-order valence-electron chi connectivity index (χ3n) is 5.75. The van der Waals surface area contributed by atoms with Crippen LogP contribution in [0.1, 0.15) is 33.5 Å². The Morgan fingerprint density at radius 2 is 1.86 bits per heavy atom. The normalized spacial score (nSPS) is 16.2. The Labute approximate surface area is 209 Å². The van der Waals surface area contributed by atoms with Crippen molar-refractivity contribution >= 4 is 44.1 Å². The standard InChI is InChI=1S/C24H14F3N3O6S/c1-11-2-9-16(36-11)20(31)18-19(12-3-5-13(6-4-12)24(25,26)27)29(22(33)21(18)32)23-28-15-8-7-14(30(34)35)10-17(15)37-23/h2-10,19,32H,1H3. The van der Waals surface area contributed by atoms with Gasteiger partial charge in [0.25, 0.3) is 11.6 Å². The van der Waals surface area contributed by atoms with Crippen LogP contribution in [0.4, 0.5) is 24.0 Å². The summed E-state index contributed by atoms with van der Waals surface area (Å²) in [5.41, 5.74) is -1.14. The van der Waals surface area contributed by atoms with Crippen molar-refractivity contribution in [1.82, 2.24) is 4.98 Å². The molecule has 1 N–H and O–H groups in total. The van der Waals surface area contributed by atoms with Crippen LogP contribution in [-0.2, 0) is 11.0 Å². The lowest BCUT2D eigenvalue weighted by atomic mass is 9.94. The lowest BCUT2D eigenvalue weighted by Crippen LogP contribution is -2.31. The molecule has 2 aromatic carbocycles. The Kier molecular flexibility index (Phi) is 5.59. The van der Waals surface area contributed by atoms with Gasteiger partial charge < -0.3 is 9.52 Å². The van der Waals surface area contributed by atoms with Gasteiger partial charge in [0.15, 0.2) is 16.7 Å². The number of fused-ring (bicyclic) bond motifs is 1. The predicted octanol–water partition coefficient (Wildman–Crippen LogP) is 5.91. The van der Waals surface area contributed by atoms with Crippen molar-refractivity contribution in [2.24, 2.45) is 0 Å². The van der Waals surface area contributed by atoms with Crippen LogP contribution >= 0.6 is 11.3 Å². The van der Waals surface area contributed by atoms with Crippen LogP contribution in [0.3, 0.4) is 0 Å². The van der Waals surface area contributed by atoms with Gasteiger partial charge in [0.2, 0.25) is 5.78 Å². The number of furan rings is 1. The van der Waals surface area contributed by atoms with E-state index >= 15 is 0 Å². The number of aliphatic hydroxyl groups excluding tert-OH is 1. The second-order valence-corrected chi connectivity index (χ2v) is 9.11. The summed E-state index contributed by atoms with van der Waals surface area (Å²) < 4.78 is 45.2. The fraction of sp³-hybridized carbons (Fsp3) is 0.125. The molecule has 1 aliphatic rings. The quantitative estimate of drug-likeness (QED) is 0.194. The van der Waals surface area contributed by atoms with Gasteiger partial charge in [-0.1, -0.05) is 23.5 Å². The molecule has 0 spiro atoms. The zero-order valence-corrected chi connectivity index (χ0v) is 19.5. The minimum absolute atomic E-state index is 0.0182. The number of aromatic nitrogens is 1. The highest BCUT2D eigenvalue weighted by Crippen LogP contribution is 2.45. The SMILES string of the molecule is Cc1ccc(C(=O)C2=C(O)C(=O)N(c3nc4ccc([N+](=O)[O-])cc4s3)C2c2ccc(C(F)(F)F)cc2)o1. The number of Topliss-reactive ketones (excluding diaryl/α,β-unsaturated/α-hetero) is 1. The third kappa shape index (κ3) is 4.12. The number of anilines is 1. The number of thiazole rings is 1. The lowest BCUT2D eigenvalue weighted by Gasteiger charge is -2.24. The molecule has 13 heteroatoms. The number of amides is 1. The highest BCUT2D eigenvalue weighted by Gasteiger charge is 2.46. The molecule has 0 bridgehead atoms. The zero-order valence-electron chi connectivity index (χ0n) is 18.6. The van der Waals surface area contributed by atoms with E-state index in [1.54, 1.807) is 6.92 Å². The molecule has 2 aromatic heterocycles. The van der Waals surface area contributed by atoms with Gasteiger partial charge in [0.1, 0.15) is 5.76 Å². The maximum Gasteiger partial charge on any atom is 0.416 e. The number of nitro benzene ring substituents is 1. The molecule has 1 amide bonds. The van der Waals surface area contributed by atoms with Crippen LogP contribution in [0.5, 0.6) is 0 Å². The number of aliphatic hydroxyl groups is 1. The fourth-order valence-electron chi connectivity index (χ4n) is 4.01. The maximum atomic E-state index is 13.3. The number of nitrogens with zero attached hydrogens (tertiary/aromatic N) is 3. The Morgan fingerprint density at radius 1 is 1.16 bits per heavy atom. The average Bonchev–Trinajstić information content (AvgIpc) is 3.53. The summed E-state index contributed by atoms with van der Waals surface area (Å²) in [6, 6.07) is 9.19. The van der Waals surface area contributed by atoms with E-state index in [1.807, 2.05) is 0 Å². The second-order valence-electron chi connectivity index (χ2n) is 8.10. The Morgan fingerprint density at radius 3 is 2.46 bits per heavy atom. The predicted molar refractivity (Wildman–Crippen MR) is 125 cm³/mol. The Bertz CT molecular complexity index is 1620. The lowest BCUT2D eigenvalue weighted by molar-refractivity contribution is -0.384. The Balaban J connectivity index is 1.66. The van der Waals surface area contributed by atoms with Crippen molar-refractivity contribution in [3.05, 3.63) is 98.7 Å². The molecule has 0 fully saturated rings. The topological polar surface area (TPSA) is 127 Å². The number of hydrogen-bond acceptors (Lipinski definition) is 8. The van der Waals surface area contributed by atoms with Crippen molar-refractivity contribution in [2.75, 3.05) is 4.90 Å². The largest absolute Gasteiger partial charge is 0.503 e. The molecule has 3 heterocycles. The summed E-state index contributed by atoms with van der Waals surface area (Å²) in [7, 11) is 0. The highest BCUT2D eigenvalue weighted by atomic mass is 32.1. The number of hydrogen-bond donors (Lipinski definition) is 1. The van der Waals surface area contributed by atoms with Crippen LogP contribution < -0.4 is 4.90 Å². The van der Waals surface area contributed by atoms with Gasteiger partial charge in [0, 0.05) is 12.1 Å². The first-order valence-electron chi connectivity index (χ1n) is 10.6. The van der Waals surface area contributed by atoms with Gasteiger partial charge in [-0.05, 0) is 42.8 Å². The second kappa shape index (κ2) is 8.55. The van der Waals surface area contributed by atoms with E-state index in [0.29, 0.717) is 16.0 Å². The van der Waals surface area contributed by atoms with Gasteiger partial charge in [-0.3, -0.25) is 24.6 Å². The summed E-state index contributed by atoms with van der Waals surface area (Å²) in [6.45, 7) is 1.59. The molecule has 188 valence electrons. The number of carbonyl (C=O) groups excluding carboxylic acids is 2. The summed E-state index contributed by atoms with van der Waals surface area (Å²) in [5, 5.41) is 21.9. The van der Waals surface area contributed by atoms with E-state index in [1.165, 1.54) is 30.3 Å². The number of rotatable bonds is 5. The minimum atomic E-state index is -4.62. The van der Waals surface area contributed by atoms with E-state index < -0.39 is 45.7 Å². The van der Waals surface area contributed by atoms with Crippen molar-refractivity contribution in [3.8, 4) is 0 Å². The number of non-ortho nitro benzene ring substituents is 1. The number of aryl methyl sites for hydroxylation is 1. The first kappa shape index (κ1) is 24.2. The van der Waals surface area contributed by atoms with Gasteiger partial charge in [-0.15, -0.1) is 0 Å². The van der Waals surface area contributed by atoms with Crippen molar-refractivity contribution in [1.29, 1.82) is 0 Å². The number of halogens is 3. The molecule has 37 heavy (non-hydrogen) atoms. The molecule has 1 unspecified atom stereocenters. The van der Waals surface area contributed by atoms with E-state index in [2.05, 4.69) is 4.98 Å². The molecular weight excluding hydrogens is 515 g/mol. The van der Waals surface area contributed by atoms with E-state index in [9.17, 15) is 38.0 Å². The summed E-state index contributed by atoms with van der Waals surface area (Å²) in [4.78, 5) is 42.4. The van der Waals surface area contributed by atoms with E-state index in [-0.39, 0.29) is 22.1 Å². The molecule has 1 aliphatic heterocycles. The number of benzene rings is 2. The van der Waals surface area contributed by atoms with Crippen LogP contribution in [0.15, 0.2) is 70.3 Å². The zero-order chi connectivity index (χ0) is 26.6. The van der Waals surface area contributed by atoms with Gasteiger partial charge in [0.05, 0.1) is 32.3 Å². The first-order chi connectivity index (χ1) is 17.5. The molecule has 0 saturated carbocycles. The van der Waals surface area contributed by atoms with E-state index in [4.69, 9.17) is 4.42 Å². The van der Waals surface area contributed by atoms with Gasteiger partial charge in [-0.2, -0.15) is 13.2 Å². The fourth-order valence-corrected chi connectivity index (χ4v) is 5.04. The van der Waals surface area contributed by atoms with Crippen molar-refractivity contribution in [3.63, 3.8) is 0 Å². The van der Waals surface area contributed by atoms with Crippen LogP contribution in [0.2, 0.25) is 0 Å². The number of alkyl halides is 3. The first-order valence-corrected chi connectivity index (χ1v) is 11.4. The van der Waals surface area contributed by atoms with Gasteiger partial charge in [-0.25, -0.2) is 4.98 Å². The molecule has 1 atom stereocenters.